The number of ether oxygens (including phenoxy) is 1. The van der Waals surface area contributed by atoms with E-state index in [1.807, 2.05) is 6.07 Å². The fourth-order valence-corrected chi connectivity index (χ4v) is 5.30. The van der Waals surface area contributed by atoms with Gasteiger partial charge in [-0.2, -0.15) is 11.8 Å². The Morgan fingerprint density at radius 3 is 2.78 bits per heavy atom. The van der Waals surface area contributed by atoms with Gasteiger partial charge in [0.1, 0.15) is 12.4 Å². The van der Waals surface area contributed by atoms with Gasteiger partial charge in [-0.3, -0.25) is 4.79 Å². The minimum Gasteiger partial charge on any atom is -0.508 e. The van der Waals surface area contributed by atoms with Crippen LogP contribution in [-0.4, -0.2) is 31.0 Å². The van der Waals surface area contributed by atoms with Gasteiger partial charge in [0.15, 0.2) is 5.60 Å². The van der Waals surface area contributed by atoms with Gasteiger partial charge >= 0.3 is 5.97 Å². The first-order valence-corrected chi connectivity index (χ1v) is 11.7. The van der Waals surface area contributed by atoms with Gasteiger partial charge in [-0.05, 0) is 35.9 Å². The minimum absolute atomic E-state index is 0.107. The Labute approximate surface area is 189 Å². The number of rotatable bonds is 4. The Balaban J connectivity index is 1.70. The van der Waals surface area contributed by atoms with Gasteiger partial charge in [0.2, 0.25) is 0 Å². The summed E-state index contributed by atoms with van der Waals surface area (Å²) in [5.41, 5.74) is 2.16. The maximum atomic E-state index is 13.3. The number of esters is 1. The van der Waals surface area contributed by atoms with E-state index in [0.717, 1.165) is 22.0 Å². The second kappa shape index (κ2) is 7.35. The molecular formula is C24H24N2O5S. The number of phenols is 1. The number of phenolic OH excluding ortho intramolecular Hbond substituents is 1. The Hall–Kier alpha value is -2.84. The van der Waals surface area contributed by atoms with E-state index in [0.29, 0.717) is 40.1 Å². The number of aliphatic hydroxyl groups is 1. The summed E-state index contributed by atoms with van der Waals surface area (Å²) < 4.78 is 6.74. The molecule has 0 spiro atoms. The van der Waals surface area contributed by atoms with Crippen LogP contribution in [0.1, 0.15) is 49.4 Å². The molecule has 8 heteroatoms. The molecule has 0 amide bonds. The quantitative estimate of drug-likeness (QED) is 0.458. The molecule has 2 aromatic heterocycles. The van der Waals surface area contributed by atoms with Gasteiger partial charge in [0.05, 0.1) is 29.0 Å². The third kappa shape index (κ3) is 2.97. The van der Waals surface area contributed by atoms with Crippen molar-refractivity contribution in [2.45, 2.75) is 56.9 Å². The lowest BCUT2D eigenvalue weighted by molar-refractivity contribution is -0.172. The monoisotopic (exact) mass is 452 g/mol. The van der Waals surface area contributed by atoms with Crippen molar-refractivity contribution in [2.75, 3.05) is 0 Å². The van der Waals surface area contributed by atoms with Gasteiger partial charge in [-0.15, -0.1) is 0 Å². The normalized spacial score (nSPS) is 19.1. The number of carbonyl (C=O) groups excluding carboxylic acids is 1. The summed E-state index contributed by atoms with van der Waals surface area (Å²) in [4.78, 5) is 30.4. The number of pyridine rings is 2. The second-order valence-corrected chi connectivity index (χ2v) is 10.2. The number of carbonyl (C=O) groups is 1. The average Bonchev–Trinajstić information content (AvgIpc) is 3.12. The Morgan fingerprint density at radius 1 is 1.28 bits per heavy atom. The molecule has 3 aromatic rings. The van der Waals surface area contributed by atoms with Crippen LogP contribution >= 0.6 is 11.8 Å². The van der Waals surface area contributed by atoms with E-state index >= 15 is 0 Å². The van der Waals surface area contributed by atoms with Crippen LogP contribution in [0, 0.1) is 0 Å². The molecule has 1 aromatic carbocycles. The van der Waals surface area contributed by atoms with Gasteiger partial charge in [-0.1, -0.05) is 20.8 Å². The third-order valence-corrected chi connectivity index (χ3v) is 7.46. The predicted octanol–water partition coefficient (Wildman–Crippen LogP) is 3.43. The molecule has 0 aliphatic carbocycles. The van der Waals surface area contributed by atoms with E-state index in [2.05, 4.69) is 13.8 Å². The Bertz CT molecular complexity index is 1350. The first-order chi connectivity index (χ1) is 15.2. The third-order valence-electron chi connectivity index (χ3n) is 6.34. The van der Waals surface area contributed by atoms with Crippen molar-refractivity contribution in [1.29, 1.82) is 0 Å². The standard InChI is InChI=1S/C24H24N2O5S/c1-4-24(30)17-8-19-21-13(9-26(19)22(28)15(17)10-31-23(24)29)7-14-16(11-32-12(2)3)20(27)6-5-18(14)25-21/h5-8,12,27,30H,4,9-11H2,1-3H3/t24-/m0/s1. The molecule has 166 valence electrons. The maximum Gasteiger partial charge on any atom is 0.343 e. The maximum absolute atomic E-state index is 13.3. The number of hydrogen-bond donors (Lipinski definition) is 2. The highest BCUT2D eigenvalue weighted by atomic mass is 32.2. The van der Waals surface area contributed by atoms with Crippen LogP contribution in [0.2, 0.25) is 0 Å². The second-order valence-electron chi connectivity index (χ2n) is 8.59. The summed E-state index contributed by atoms with van der Waals surface area (Å²) >= 11 is 1.74. The molecule has 1 atom stereocenters. The Kier molecular flexibility index (Phi) is 4.83. The number of hydrogen-bond acceptors (Lipinski definition) is 7. The molecule has 2 N–H and O–H groups in total. The van der Waals surface area contributed by atoms with Gasteiger partial charge in [0.25, 0.3) is 5.56 Å². The summed E-state index contributed by atoms with van der Waals surface area (Å²) in [6.45, 7) is 6.10. The summed E-state index contributed by atoms with van der Waals surface area (Å²) in [5.74, 6) is 0.161. The molecule has 5 rings (SSSR count). The van der Waals surface area contributed by atoms with Crippen LogP contribution in [0.4, 0.5) is 0 Å². The van der Waals surface area contributed by atoms with Gasteiger partial charge in [-0.25, -0.2) is 9.78 Å². The summed E-state index contributed by atoms with van der Waals surface area (Å²) in [6, 6.07) is 7.13. The number of thioether (sulfide) groups is 1. The number of benzene rings is 1. The van der Waals surface area contributed by atoms with Crippen LogP contribution in [0.5, 0.6) is 5.75 Å². The fraction of sp³-hybridized carbons (Fsp3) is 0.375. The van der Waals surface area contributed by atoms with Crippen molar-refractivity contribution < 1.29 is 19.7 Å². The van der Waals surface area contributed by atoms with Crippen molar-refractivity contribution in [1.82, 2.24) is 9.55 Å². The highest BCUT2D eigenvalue weighted by Gasteiger charge is 2.45. The number of cyclic esters (lactones) is 1. The SMILES string of the molecule is CC[C@@]1(O)C(=O)OCc2c1cc1n(c2=O)Cc2cc3c(CSC(C)C)c(O)ccc3nc2-1. The first-order valence-electron chi connectivity index (χ1n) is 10.7. The zero-order valence-electron chi connectivity index (χ0n) is 18.1. The van der Waals surface area contributed by atoms with Crippen LogP contribution in [-0.2, 0) is 34.0 Å². The lowest BCUT2D eigenvalue weighted by Gasteiger charge is -2.31. The molecule has 0 saturated carbocycles. The smallest absolute Gasteiger partial charge is 0.343 e. The zero-order valence-corrected chi connectivity index (χ0v) is 19.0. The van der Waals surface area contributed by atoms with Gasteiger partial charge < -0.3 is 19.5 Å². The molecule has 2 aliphatic rings. The average molecular weight is 453 g/mol. The molecule has 0 saturated heterocycles. The molecule has 7 nitrogen and oxygen atoms in total. The van der Waals surface area contributed by atoms with Crippen LogP contribution in [0.15, 0.2) is 29.1 Å². The van der Waals surface area contributed by atoms with Crippen molar-refractivity contribution in [2.24, 2.45) is 0 Å². The summed E-state index contributed by atoms with van der Waals surface area (Å²) in [5, 5.41) is 22.7. The van der Waals surface area contributed by atoms with E-state index < -0.39 is 11.6 Å². The van der Waals surface area contributed by atoms with E-state index in [9.17, 15) is 19.8 Å². The molecule has 2 aliphatic heterocycles. The van der Waals surface area contributed by atoms with E-state index in [1.54, 1.807) is 41.5 Å². The summed E-state index contributed by atoms with van der Waals surface area (Å²) in [7, 11) is 0. The topological polar surface area (TPSA) is 102 Å². The predicted molar refractivity (Wildman–Crippen MR) is 123 cm³/mol. The van der Waals surface area contributed by atoms with E-state index in [4.69, 9.17) is 9.72 Å². The minimum atomic E-state index is -1.84. The highest BCUT2D eigenvalue weighted by molar-refractivity contribution is 7.99. The molecule has 0 fully saturated rings. The lowest BCUT2D eigenvalue weighted by atomic mass is 9.86. The van der Waals surface area contributed by atoms with Gasteiger partial charge in [0, 0.05) is 27.8 Å². The van der Waals surface area contributed by atoms with Crippen LogP contribution in [0.3, 0.4) is 0 Å². The molecule has 0 bridgehead atoms. The van der Waals surface area contributed by atoms with Crippen molar-refractivity contribution in [3.63, 3.8) is 0 Å². The summed E-state index contributed by atoms with van der Waals surface area (Å²) in [6.07, 6.45) is 0.107. The van der Waals surface area contributed by atoms with Crippen molar-refractivity contribution in [3.8, 4) is 17.1 Å². The molecule has 0 unspecified atom stereocenters. The zero-order chi connectivity index (χ0) is 22.8. The number of aromatic hydroxyl groups is 1. The number of aromatic nitrogens is 2. The molecule has 4 heterocycles. The highest BCUT2D eigenvalue weighted by Crippen LogP contribution is 2.40. The fourth-order valence-electron chi connectivity index (χ4n) is 4.50. The molecule has 0 radical (unpaired) electrons. The Morgan fingerprint density at radius 2 is 2.06 bits per heavy atom. The molecular weight excluding hydrogens is 428 g/mol. The lowest BCUT2D eigenvalue weighted by Crippen LogP contribution is -2.44. The van der Waals surface area contributed by atoms with E-state index in [1.165, 1.54) is 0 Å². The van der Waals surface area contributed by atoms with Crippen LogP contribution in [0.25, 0.3) is 22.3 Å². The first kappa shape index (κ1) is 21.0. The van der Waals surface area contributed by atoms with Crippen molar-refractivity contribution >= 4 is 28.6 Å². The largest absolute Gasteiger partial charge is 0.508 e. The number of nitrogens with zero attached hydrogens (tertiary/aromatic N) is 2. The van der Waals surface area contributed by atoms with Crippen LogP contribution < -0.4 is 5.56 Å². The van der Waals surface area contributed by atoms with E-state index in [-0.39, 0.29) is 24.3 Å². The molecule has 32 heavy (non-hydrogen) atoms. The number of fused-ring (bicyclic) bond motifs is 5. The van der Waals surface area contributed by atoms with Crippen molar-refractivity contribution in [3.05, 3.63) is 56.9 Å².